The highest BCUT2D eigenvalue weighted by Gasteiger charge is 2.23. The maximum Gasteiger partial charge on any atom is 0.279 e. The lowest BCUT2D eigenvalue weighted by Gasteiger charge is -2.26. The molecule has 0 heterocycles. The predicted molar refractivity (Wildman–Crippen MR) is 107 cm³/mol. The number of quaternary nitrogens is 1. The molecule has 0 radical (unpaired) electrons. The van der Waals surface area contributed by atoms with Crippen LogP contribution in [0.2, 0.25) is 5.02 Å². The highest BCUT2D eigenvalue weighted by Crippen LogP contribution is 2.29. The van der Waals surface area contributed by atoms with Crippen LogP contribution in [0.25, 0.3) is 0 Å². The van der Waals surface area contributed by atoms with Crippen molar-refractivity contribution in [1.82, 2.24) is 5.32 Å². The van der Waals surface area contributed by atoms with Crippen LogP contribution in [0, 0.1) is 0 Å². The van der Waals surface area contributed by atoms with E-state index >= 15 is 0 Å². The van der Waals surface area contributed by atoms with E-state index in [1.165, 1.54) is 11.1 Å². The SMILES string of the molecule is C[NH+](CC(=O)Nc1ccccc1Cl)CC(=O)N[C@H]1CCCc2ccccc21. The van der Waals surface area contributed by atoms with Gasteiger partial charge in [-0.1, -0.05) is 48.0 Å². The first-order valence-corrected chi connectivity index (χ1v) is 9.63. The summed E-state index contributed by atoms with van der Waals surface area (Å²) in [7, 11) is 1.83. The smallest absolute Gasteiger partial charge is 0.279 e. The van der Waals surface area contributed by atoms with Crippen LogP contribution < -0.4 is 15.5 Å². The van der Waals surface area contributed by atoms with E-state index in [9.17, 15) is 9.59 Å². The van der Waals surface area contributed by atoms with Gasteiger partial charge in [0.1, 0.15) is 0 Å². The first-order chi connectivity index (χ1) is 13.0. The molecule has 2 amide bonds. The molecule has 2 aromatic rings. The molecule has 1 aliphatic carbocycles. The summed E-state index contributed by atoms with van der Waals surface area (Å²) in [6.07, 6.45) is 3.09. The predicted octanol–water partition coefficient (Wildman–Crippen LogP) is 1.99. The Balaban J connectivity index is 1.50. The number of benzene rings is 2. The lowest BCUT2D eigenvalue weighted by molar-refractivity contribution is -0.862. The van der Waals surface area contributed by atoms with Crippen LogP contribution in [-0.2, 0) is 16.0 Å². The number of hydrogen-bond acceptors (Lipinski definition) is 2. The molecule has 5 nitrogen and oxygen atoms in total. The minimum atomic E-state index is -0.170. The molecule has 0 saturated carbocycles. The number of nitrogens with one attached hydrogen (secondary N) is 3. The van der Waals surface area contributed by atoms with Crippen LogP contribution in [0.5, 0.6) is 0 Å². The minimum absolute atomic E-state index is 0.0419. The van der Waals surface area contributed by atoms with E-state index in [1.54, 1.807) is 12.1 Å². The fourth-order valence-corrected chi connectivity index (χ4v) is 3.70. The Kier molecular flexibility index (Phi) is 6.48. The number of aryl methyl sites for hydroxylation is 1. The molecule has 3 N–H and O–H groups in total. The molecule has 0 aliphatic heterocycles. The highest BCUT2D eigenvalue weighted by atomic mass is 35.5. The fraction of sp³-hybridized carbons (Fsp3) is 0.333. The normalized spacial score (nSPS) is 16.9. The van der Waals surface area contributed by atoms with Gasteiger partial charge in [0.05, 0.1) is 23.8 Å². The van der Waals surface area contributed by atoms with Gasteiger partial charge in [-0.05, 0) is 42.5 Å². The summed E-state index contributed by atoms with van der Waals surface area (Å²) in [6, 6.07) is 15.4. The average Bonchev–Trinajstić information content (AvgIpc) is 2.63. The van der Waals surface area contributed by atoms with Crippen molar-refractivity contribution in [3.05, 3.63) is 64.7 Å². The molecule has 2 atom stereocenters. The largest absolute Gasteiger partial charge is 0.344 e. The average molecular weight is 387 g/mol. The lowest BCUT2D eigenvalue weighted by Crippen LogP contribution is -3.11. The summed E-state index contributed by atoms with van der Waals surface area (Å²) in [4.78, 5) is 25.4. The molecule has 142 valence electrons. The maximum atomic E-state index is 12.4. The lowest BCUT2D eigenvalue weighted by atomic mass is 9.88. The van der Waals surface area contributed by atoms with Crippen LogP contribution >= 0.6 is 11.6 Å². The second kappa shape index (κ2) is 9.02. The van der Waals surface area contributed by atoms with Gasteiger partial charge in [-0.25, -0.2) is 0 Å². The van der Waals surface area contributed by atoms with Gasteiger partial charge in [-0.15, -0.1) is 0 Å². The Morgan fingerprint density at radius 1 is 1.07 bits per heavy atom. The van der Waals surface area contributed by atoms with Gasteiger partial charge < -0.3 is 15.5 Å². The second-order valence-corrected chi connectivity index (χ2v) is 7.46. The van der Waals surface area contributed by atoms with Crippen molar-refractivity contribution in [2.75, 3.05) is 25.5 Å². The molecule has 0 aromatic heterocycles. The minimum Gasteiger partial charge on any atom is -0.344 e. The summed E-state index contributed by atoms with van der Waals surface area (Å²) < 4.78 is 0. The van der Waals surface area contributed by atoms with E-state index in [0.29, 0.717) is 10.7 Å². The number of carbonyl (C=O) groups excluding carboxylic acids is 2. The third-order valence-electron chi connectivity index (χ3n) is 4.78. The van der Waals surface area contributed by atoms with Gasteiger partial charge in [0.2, 0.25) is 0 Å². The van der Waals surface area contributed by atoms with Crippen molar-refractivity contribution in [3.63, 3.8) is 0 Å². The quantitative estimate of drug-likeness (QED) is 0.711. The Morgan fingerprint density at radius 3 is 2.59 bits per heavy atom. The van der Waals surface area contributed by atoms with Crippen molar-refractivity contribution in [3.8, 4) is 0 Å². The molecule has 27 heavy (non-hydrogen) atoms. The van der Waals surface area contributed by atoms with Gasteiger partial charge in [0.15, 0.2) is 13.1 Å². The van der Waals surface area contributed by atoms with Crippen LogP contribution in [0.15, 0.2) is 48.5 Å². The molecule has 0 bridgehead atoms. The molecule has 0 spiro atoms. The number of anilines is 1. The number of rotatable bonds is 6. The van der Waals surface area contributed by atoms with E-state index in [1.807, 2.05) is 31.3 Å². The number of fused-ring (bicyclic) bond motifs is 1. The molecule has 3 rings (SSSR count). The molecule has 0 saturated heterocycles. The number of amides is 2. The Labute approximate surface area is 164 Å². The number of hydrogen-bond donors (Lipinski definition) is 3. The van der Waals surface area contributed by atoms with Gasteiger partial charge in [-0.2, -0.15) is 0 Å². The Bertz CT molecular complexity index is 825. The Morgan fingerprint density at radius 2 is 1.78 bits per heavy atom. The number of para-hydroxylation sites is 1. The van der Waals surface area contributed by atoms with E-state index in [0.717, 1.165) is 24.2 Å². The first kappa shape index (κ1) is 19.4. The fourth-order valence-electron chi connectivity index (χ4n) is 3.52. The van der Waals surface area contributed by atoms with E-state index in [2.05, 4.69) is 22.8 Å². The molecule has 0 fully saturated rings. The molecule has 1 aliphatic rings. The summed E-state index contributed by atoms with van der Waals surface area (Å²) in [5.41, 5.74) is 3.11. The van der Waals surface area contributed by atoms with Gasteiger partial charge >= 0.3 is 0 Å². The van der Waals surface area contributed by atoms with Crippen molar-refractivity contribution in [2.45, 2.75) is 25.3 Å². The zero-order valence-corrected chi connectivity index (χ0v) is 16.2. The van der Waals surface area contributed by atoms with Crippen molar-refractivity contribution < 1.29 is 14.5 Å². The van der Waals surface area contributed by atoms with Crippen molar-refractivity contribution in [2.24, 2.45) is 0 Å². The third kappa shape index (κ3) is 5.31. The molecular formula is C21H25ClN3O2+. The number of carbonyl (C=O) groups is 2. The summed E-state index contributed by atoms with van der Waals surface area (Å²) in [5, 5.41) is 6.41. The van der Waals surface area contributed by atoms with Crippen molar-refractivity contribution >= 4 is 29.1 Å². The second-order valence-electron chi connectivity index (χ2n) is 7.05. The molecule has 2 aromatic carbocycles. The van der Waals surface area contributed by atoms with Crippen LogP contribution in [0.1, 0.15) is 30.0 Å². The molecule has 6 heteroatoms. The highest BCUT2D eigenvalue weighted by molar-refractivity contribution is 6.33. The van der Waals surface area contributed by atoms with Crippen molar-refractivity contribution in [1.29, 1.82) is 0 Å². The Hall–Kier alpha value is -2.37. The zero-order valence-electron chi connectivity index (χ0n) is 15.4. The van der Waals surface area contributed by atoms with Gasteiger partial charge in [-0.3, -0.25) is 9.59 Å². The zero-order chi connectivity index (χ0) is 19.2. The van der Waals surface area contributed by atoms with Crippen LogP contribution in [0.4, 0.5) is 5.69 Å². The van der Waals surface area contributed by atoms with E-state index in [-0.39, 0.29) is 30.9 Å². The summed E-state index contributed by atoms with van der Waals surface area (Å²) in [5.74, 6) is -0.212. The van der Waals surface area contributed by atoms with E-state index in [4.69, 9.17) is 11.6 Å². The first-order valence-electron chi connectivity index (χ1n) is 9.26. The summed E-state index contributed by atoms with van der Waals surface area (Å²) in [6.45, 7) is 0.439. The van der Waals surface area contributed by atoms with Gasteiger partial charge in [0.25, 0.3) is 11.8 Å². The summed E-state index contributed by atoms with van der Waals surface area (Å²) >= 11 is 6.05. The molecule has 1 unspecified atom stereocenters. The number of halogens is 1. The van der Waals surface area contributed by atoms with Crippen LogP contribution in [-0.4, -0.2) is 32.0 Å². The monoisotopic (exact) mass is 386 g/mol. The molecular weight excluding hydrogens is 362 g/mol. The van der Waals surface area contributed by atoms with Gasteiger partial charge in [0, 0.05) is 0 Å². The topological polar surface area (TPSA) is 62.6 Å². The number of likely N-dealkylation sites (N-methyl/N-ethyl adjacent to an activating group) is 1. The van der Waals surface area contributed by atoms with Crippen LogP contribution in [0.3, 0.4) is 0 Å². The third-order valence-corrected chi connectivity index (χ3v) is 5.11. The van der Waals surface area contributed by atoms with E-state index < -0.39 is 0 Å². The maximum absolute atomic E-state index is 12.4. The standard InChI is InChI=1S/C21H24ClN3O2/c1-25(14-21(27)24-19-11-5-4-10-17(19)22)13-20(26)23-18-12-6-8-15-7-2-3-9-16(15)18/h2-5,7,9-11,18H,6,8,12-14H2,1H3,(H,23,26)(H,24,27)/p+1/t18-/m0/s1.